The van der Waals surface area contributed by atoms with E-state index in [0.717, 1.165) is 11.1 Å². The molecule has 3 aromatic rings. The second-order valence-corrected chi connectivity index (χ2v) is 7.17. The van der Waals surface area contributed by atoms with E-state index >= 15 is 0 Å². The van der Waals surface area contributed by atoms with E-state index in [4.69, 9.17) is 4.74 Å². The maximum Gasteiger partial charge on any atom is 0.250 e. The third-order valence-corrected chi connectivity index (χ3v) is 4.67. The molecule has 1 heterocycles. The highest BCUT2D eigenvalue weighted by molar-refractivity contribution is 5.79. The van der Waals surface area contributed by atoms with E-state index < -0.39 is 0 Å². The van der Waals surface area contributed by atoms with Crippen molar-refractivity contribution < 1.29 is 9.13 Å². The van der Waals surface area contributed by atoms with Crippen LogP contribution in [0.1, 0.15) is 18.1 Å². The lowest BCUT2D eigenvalue weighted by Gasteiger charge is -2.18. The summed E-state index contributed by atoms with van der Waals surface area (Å²) in [6.45, 7) is 3.63. The Hall–Kier alpha value is -3.61. The van der Waals surface area contributed by atoms with Gasteiger partial charge in [0.05, 0.1) is 13.1 Å². The van der Waals surface area contributed by atoms with Gasteiger partial charge in [-0.05, 0) is 48.4 Å². The zero-order valence-corrected chi connectivity index (χ0v) is 17.7. The molecule has 0 bridgehead atoms. The fourth-order valence-corrected chi connectivity index (χ4v) is 2.98. The Kier molecular flexibility index (Phi) is 7.81. The van der Waals surface area contributed by atoms with Crippen LogP contribution in [0.3, 0.4) is 0 Å². The number of benzene rings is 2. The minimum atomic E-state index is -0.287. The van der Waals surface area contributed by atoms with Gasteiger partial charge in [0.2, 0.25) is 0 Å². The Labute approximate surface area is 181 Å². The maximum absolute atomic E-state index is 13.0. The zero-order chi connectivity index (χ0) is 22.1. The van der Waals surface area contributed by atoms with Gasteiger partial charge >= 0.3 is 0 Å². The first-order chi connectivity index (χ1) is 15.0. The van der Waals surface area contributed by atoms with Crippen LogP contribution in [0.5, 0.6) is 5.75 Å². The highest BCUT2D eigenvalue weighted by Crippen LogP contribution is 2.12. The summed E-state index contributed by atoms with van der Waals surface area (Å²) in [7, 11) is 1.71. The average Bonchev–Trinajstić information content (AvgIpc) is 2.78. The van der Waals surface area contributed by atoms with Crippen molar-refractivity contribution in [2.75, 3.05) is 13.6 Å². The molecule has 6 nitrogen and oxygen atoms in total. The molecule has 0 aliphatic carbocycles. The molecule has 0 fully saturated rings. The Morgan fingerprint density at radius 1 is 1.03 bits per heavy atom. The van der Waals surface area contributed by atoms with Crippen LogP contribution in [0.2, 0.25) is 0 Å². The highest BCUT2D eigenvalue weighted by atomic mass is 19.1. The Morgan fingerprint density at radius 3 is 2.42 bits per heavy atom. The van der Waals surface area contributed by atoms with Crippen LogP contribution in [0.15, 0.2) is 82.7 Å². The second-order valence-electron chi connectivity index (χ2n) is 7.17. The average molecular weight is 423 g/mol. The predicted molar refractivity (Wildman–Crippen MR) is 121 cm³/mol. The number of nitrogens with one attached hydrogen (secondary N) is 2. The molecule has 2 aromatic carbocycles. The highest BCUT2D eigenvalue weighted by Gasteiger charge is 2.06. The molecule has 7 heteroatoms. The molecule has 1 aromatic heterocycles. The molecule has 31 heavy (non-hydrogen) atoms. The largest absolute Gasteiger partial charge is 0.489 e. The fourth-order valence-electron chi connectivity index (χ4n) is 2.98. The van der Waals surface area contributed by atoms with Gasteiger partial charge in [0.1, 0.15) is 17.7 Å². The van der Waals surface area contributed by atoms with Gasteiger partial charge in [-0.3, -0.25) is 9.79 Å². The quantitative estimate of drug-likeness (QED) is 0.432. The van der Waals surface area contributed by atoms with Gasteiger partial charge < -0.3 is 19.9 Å². The molecular formula is C24H27FN4O2. The smallest absolute Gasteiger partial charge is 0.250 e. The number of halogens is 1. The lowest BCUT2D eigenvalue weighted by atomic mass is 10.1. The number of hydrogen-bond donors (Lipinski definition) is 2. The Bertz CT molecular complexity index is 1050. The van der Waals surface area contributed by atoms with E-state index in [-0.39, 0.29) is 17.5 Å². The summed E-state index contributed by atoms with van der Waals surface area (Å²) in [6.07, 6.45) is 1.67. The lowest BCUT2D eigenvalue weighted by molar-refractivity contribution is 0.223. The minimum Gasteiger partial charge on any atom is -0.489 e. The summed E-state index contributed by atoms with van der Waals surface area (Å²) in [5, 5.41) is 6.49. The number of guanidine groups is 1. The van der Waals surface area contributed by atoms with Crippen LogP contribution in [0.4, 0.5) is 4.39 Å². The number of nitrogens with zero attached hydrogens (tertiary/aromatic N) is 2. The standard InChI is InChI=1S/C24H27FN4O2/c1-18(31-22-12-10-21(25)11-13-22)15-27-24(26-2)28-16-19-6-8-20(9-7-19)17-29-14-4-3-5-23(29)30/h3-14,18H,15-17H2,1-2H3,(H2,26,27,28). The van der Waals surface area contributed by atoms with E-state index in [1.54, 1.807) is 42.1 Å². The fraction of sp³-hybridized carbons (Fsp3) is 0.250. The molecule has 0 amide bonds. The van der Waals surface area contributed by atoms with Crippen molar-refractivity contribution >= 4 is 5.96 Å². The molecule has 1 atom stereocenters. The first kappa shape index (κ1) is 22.1. The molecule has 0 radical (unpaired) electrons. The summed E-state index contributed by atoms with van der Waals surface area (Å²) in [4.78, 5) is 16.1. The van der Waals surface area contributed by atoms with Gasteiger partial charge in [-0.1, -0.05) is 30.3 Å². The summed E-state index contributed by atoms with van der Waals surface area (Å²) in [6, 6.07) is 19.2. The van der Waals surface area contributed by atoms with Crippen molar-refractivity contribution in [3.63, 3.8) is 0 Å². The molecule has 0 aliphatic rings. The number of aliphatic imine (C=N–C) groups is 1. The molecule has 0 aliphatic heterocycles. The summed E-state index contributed by atoms with van der Waals surface area (Å²) < 4.78 is 20.4. The third-order valence-electron chi connectivity index (χ3n) is 4.67. The SMILES string of the molecule is CN=C(NCc1ccc(Cn2ccccc2=O)cc1)NCC(C)Oc1ccc(F)cc1. The first-order valence-electron chi connectivity index (χ1n) is 10.1. The van der Waals surface area contributed by atoms with Crippen molar-refractivity contribution in [2.24, 2.45) is 4.99 Å². The number of hydrogen-bond acceptors (Lipinski definition) is 3. The second kappa shape index (κ2) is 11.0. The molecule has 0 saturated carbocycles. The zero-order valence-electron chi connectivity index (χ0n) is 17.7. The van der Waals surface area contributed by atoms with Crippen molar-refractivity contribution in [1.82, 2.24) is 15.2 Å². The van der Waals surface area contributed by atoms with Crippen LogP contribution < -0.4 is 20.9 Å². The number of aromatic nitrogens is 1. The summed E-state index contributed by atoms with van der Waals surface area (Å²) in [5.41, 5.74) is 2.15. The Balaban J connectivity index is 1.45. The van der Waals surface area contributed by atoms with E-state index in [9.17, 15) is 9.18 Å². The van der Waals surface area contributed by atoms with Gasteiger partial charge in [-0.25, -0.2) is 4.39 Å². The number of pyridine rings is 1. The van der Waals surface area contributed by atoms with Crippen molar-refractivity contribution in [3.8, 4) is 5.75 Å². The number of ether oxygens (including phenoxy) is 1. The molecule has 2 N–H and O–H groups in total. The normalized spacial score (nSPS) is 12.3. The van der Waals surface area contributed by atoms with Crippen LogP contribution in [0, 0.1) is 5.82 Å². The molecule has 0 spiro atoms. The van der Waals surface area contributed by atoms with Gasteiger partial charge in [-0.2, -0.15) is 0 Å². The van der Waals surface area contributed by atoms with E-state index in [1.807, 2.05) is 37.3 Å². The topological polar surface area (TPSA) is 67.7 Å². The summed E-state index contributed by atoms with van der Waals surface area (Å²) in [5.74, 6) is 0.996. The Morgan fingerprint density at radius 2 is 1.74 bits per heavy atom. The third kappa shape index (κ3) is 6.99. The van der Waals surface area contributed by atoms with Crippen molar-refractivity contribution in [1.29, 1.82) is 0 Å². The molecule has 0 saturated heterocycles. The van der Waals surface area contributed by atoms with Gasteiger partial charge in [0, 0.05) is 25.9 Å². The maximum atomic E-state index is 13.0. The lowest BCUT2D eigenvalue weighted by Crippen LogP contribution is -2.41. The van der Waals surface area contributed by atoms with Crippen LogP contribution >= 0.6 is 0 Å². The van der Waals surface area contributed by atoms with Crippen LogP contribution in [0.25, 0.3) is 0 Å². The molecule has 162 valence electrons. The molecular weight excluding hydrogens is 395 g/mol. The first-order valence-corrected chi connectivity index (χ1v) is 10.1. The minimum absolute atomic E-state index is 0.0132. The van der Waals surface area contributed by atoms with E-state index in [0.29, 0.717) is 31.3 Å². The summed E-state index contributed by atoms with van der Waals surface area (Å²) >= 11 is 0. The van der Waals surface area contributed by atoms with Gasteiger partial charge in [0.25, 0.3) is 5.56 Å². The molecule has 1 unspecified atom stereocenters. The van der Waals surface area contributed by atoms with Crippen LogP contribution in [-0.4, -0.2) is 30.2 Å². The molecule has 3 rings (SSSR count). The van der Waals surface area contributed by atoms with Gasteiger partial charge in [0.15, 0.2) is 5.96 Å². The predicted octanol–water partition coefficient (Wildman–Crippen LogP) is 3.17. The van der Waals surface area contributed by atoms with Crippen molar-refractivity contribution in [3.05, 3.63) is 100 Å². The van der Waals surface area contributed by atoms with E-state index in [1.165, 1.54) is 12.1 Å². The van der Waals surface area contributed by atoms with E-state index in [2.05, 4.69) is 15.6 Å². The van der Waals surface area contributed by atoms with Crippen molar-refractivity contribution in [2.45, 2.75) is 26.1 Å². The van der Waals surface area contributed by atoms with Crippen LogP contribution in [-0.2, 0) is 13.1 Å². The number of rotatable bonds is 8. The monoisotopic (exact) mass is 422 g/mol. The van der Waals surface area contributed by atoms with Gasteiger partial charge in [-0.15, -0.1) is 0 Å².